The molecule has 6 N–H and O–H groups in total. The number of hydrogen-bond donors (Lipinski definition) is 6. The molecule has 1 amide bonds. The molecule has 8 atom stereocenters. The molecular weight excluding hydrogens is 943 g/mol. The number of aliphatic hydroxyl groups excluding tert-OH is 5. The van der Waals surface area contributed by atoms with E-state index in [4.69, 9.17) is 14.2 Å². The van der Waals surface area contributed by atoms with Crippen LogP contribution in [0.25, 0.3) is 0 Å². The summed E-state index contributed by atoms with van der Waals surface area (Å²) in [5.41, 5.74) is 0. The molecule has 1 aliphatic rings. The maximum atomic E-state index is 13.4. The smallest absolute Gasteiger partial charge is 0.306 e. The minimum atomic E-state index is -1.62. The van der Waals surface area contributed by atoms with Crippen LogP contribution in [0.4, 0.5) is 0 Å². The van der Waals surface area contributed by atoms with Gasteiger partial charge in [-0.15, -0.1) is 0 Å². The van der Waals surface area contributed by atoms with E-state index in [1.807, 2.05) is 6.08 Å². The van der Waals surface area contributed by atoms with Crippen molar-refractivity contribution in [3.63, 3.8) is 0 Å². The molecule has 0 bridgehead atoms. The molecule has 1 aliphatic heterocycles. The molecule has 1 heterocycles. The Kier molecular flexibility index (Phi) is 48.9. The number of ether oxygens (including phenoxy) is 3. The number of aliphatic hydroxyl groups is 5. The van der Waals surface area contributed by atoms with Gasteiger partial charge in [0.15, 0.2) is 12.4 Å². The van der Waals surface area contributed by atoms with Gasteiger partial charge in [-0.1, -0.05) is 255 Å². The number of esters is 1. The molecule has 11 heteroatoms. The highest BCUT2D eigenvalue weighted by Gasteiger charge is 2.47. The van der Waals surface area contributed by atoms with E-state index in [0.717, 1.165) is 83.5 Å². The van der Waals surface area contributed by atoms with E-state index in [2.05, 4.69) is 74.7 Å². The Labute approximate surface area is 458 Å². The molecule has 1 saturated heterocycles. The normalized spacial score (nSPS) is 19.6. The fourth-order valence-corrected chi connectivity index (χ4v) is 9.46. The van der Waals surface area contributed by atoms with Crippen LogP contribution in [0.1, 0.15) is 271 Å². The van der Waals surface area contributed by atoms with E-state index in [1.165, 1.54) is 141 Å². The number of nitrogens with one attached hydrogen (secondary N) is 1. The van der Waals surface area contributed by atoms with Gasteiger partial charge in [-0.2, -0.15) is 0 Å². The van der Waals surface area contributed by atoms with Crippen LogP contribution in [0.5, 0.6) is 0 Å². The maximum Gasteiger partial charge on any atom is 0.306 e. The van der Waals surface area contributed by atoms with Crippen LogP contribution in [0.3, 0.4) is 0 Å². The van der Waals surface area contributed by atoms with E-state index in [9.17, 15) is 35.1 Å². The predicted octanol–water partition coefficient (Wildman–Crippen LogP) is 14.6. The number of rotatable bonds is 52. The lowest BCUT2D eigenvalue weighted by atomic mass is 9.99. The van der Waals surface area contributed by atoms with E-state index in [1.54, 1.807) is 6.08 Å². The van der Waals surface area contributed by atoms with Gasteiger partial charge in [-0.3, -0.25) is 9.59 Å². The van der Waals surface area contributed by atoms with E-state index < -0.39 is 67.4 Å². The van der Waals surface area contributed by atoms with Gasteiger partial charge in [-0.25, -0.2) is 0 Å². The summed E-state index contributed by atoms with van der Waals surface area (Å²) in [4.78, 5) is 26.5. The monoisotopic (exact) mass is 1060 g/mol. The average Bonchev–Trinajstić information content (AvgIpc) is 3.41. The van der Waals surface area contributed by atoms with Crippen LogP contribution >= 0.6 is 0 Å². The zero-order valence-corrected chi connectivity index (χ0v) is 48.2. The average molecular weight is 1060 g/mol. The molecule has 0 aromatic heterocycles. The minimum Gasteiger partial charge on any atom is -0.454 e. The van der Waals surface area contributed by atoms with Crippen LogP contribution < -0.4 is 5.32 Å². The zero-order valence-electron chi connectivity index (χ0n) is 48.2. The number of allylic oxidation sites excluding steroid dienone is 9. The fourth-order valence-electron chi connectivity index (χ4n) is 9.46. The quantitative estimate of drug-likeness (QED) is 0.0195. The van der Waals surface area contributed by atoms with Crippen LogP contribution in [0, 0.1) is 0 Å². The van der Waals surface area contributed by atoms with Crippen molar-refractivity contribution < 1.29 is 49.3 Å². The predicted molar refractivity (Wildman–Crippen MR) is 310 cm³/mol. The van der Waals surface area contributed by atoms with Crippen molar-refractivity contribution in [2.75, 3.05) is 13.2 Å². The third kappa shape index (κ3) is 40.2. The molecule has 11 nitrogen and oxygen atoms in total. The van der Waals surface area contributed by atoms with Gasteiger partial charge in [0.05, 0.1) is 25.4 Å². The first-order valence-electron chi connectivity index (χ1n) is 31.1. The van der Waals surface area contributed by atoms with Crippen molar-refractivity contribution in [3.05, 3.63) is 60.8 Å². The van der Waals surface area contributed by atoms with Gasteiger partial charge in [0.25, 0.3) is 0 Å². The van der Waals surface area contributed by atoms with Crippen molar-refractivity contribution in [1.29, 1.82) is 0 Å². The van der Waals surface area contributed by atoms with Crippen molar-refractivity contribution >= 4 is 11.9 Å². The number of hydrogen-bond acceptors (Lipinski definition) is 10. The first-order valence-corrected chi connectivity index (χ1v) is 31.1. The lowest BCUT2D eigenvalue weighted by Gasteiger charge is -2.41. The Morgan fingerprint density at radius 2 is 0.920 bits per heavy atom. The molecule has 0 saturated carbocycles. The first-order chi connectivity index (χ1) is 36.7. The van der Waals surface area contributed by atoms with E-state index in [-0.39, 0.29) is 19.4 Å². The largest absolute Gasteiger partial charge is 0.454 e. The minimum absolute atomic E-state index is 0.123. The van der Waals surface area contributed by atoms with Crippen molar-refractivity contribution in [3.8, 4) is 0 Å². The molecular formula is C64H115NO10. The fraction of sp³-hybridized carbons (Fsp3) is 0.812. The van der Waals surface area contributed by atoms with E-state index in [0.29, 0.717) is 12.8 Å². The van der Waals surface area contributed by atoms with Crippen LogP contribution in [0.2, 0.25) is 0 Å². The Bertz CT molecular complexity index is 1450. The standard InChI is InChI=1S/C64H115NO10/c1-4-7-10-13-16-19-22-25-27-28-29-30-31-32-33-36-39-42-45-48-51-57(68)63(72)65-55(56(67)50-47-44-41-38-35-24-21-18-15-12-9-6-3)54-73-64-62(61(71)60(70)58(53-66)74-64)75-59(69)52-49-46-43-40-37-34-26-23-20-17-14-11-8-5-2/h16,19,25,27,29-30,32-33,47,50,55-58,60-62,64,66-68,70-71H,4-15,17-18,20-24,26,28,31,34-46,48-49,51-54H2,1-3H3,(H,65,72)/b19-16-,27-25-,30-29-,33-32-,50-47+. The summed E-state index contributed by atoms with van der Waals surface area (Å²) in [5, 5.41) is 56.9. The third-order valence-corrected chi connectivity index (χ3v) is 14.4. The number of amides is 1. The summed E-state index contributed by atoms with van der Waals surface area (Å²) >= 11 is 0. The lowest BCUT2D eigenvalue weighted by molar-refractivity contribution is -0.305. The van der Waals surface area contributed by atoms with Gasteiger partial charge >= 0.3 is 5.97 Å². The lowest BCUT2D eigenvalue weighted by Crippen LogP contribution is -2.61. The molecule has 75 heavy (non-hydrogen) atoms. The zero-order chi connectivity index (χ0) is 54.7. The van der Waals surface area contributed by atoms with Crippen LogP contribution in [0.15, 0.2) is 60.8 Å². The molecule has 0 aromatic rings. The number of carbonyl (C=O) groups excluding carboxylic acids is 2. The molecule has 436 valence electrons. The van der Waals surface area contributed by atoms with Gasteiger partial charge in [0.2, 0.25) is 5.91 Å². The number of unbranched alkanes of at least 4 members (excludes halogenated alkanes) is 30. The molecule has 8 unspecified atom stereocenters. The SMILES string of the molecule is CCCCC/C=C\C/C=C\C/C=C\C/C=C\CCCCCCC(O)C(=O)NC(COC1OC(CO)C(O)C(O)C1OC(=O)CCCCCCCCCCCCCCCC)C(O)/C=C/CCCCCCCCCCCC. The first kappa shape index (κ1) is 70.4. The summed E-state index contributed by atoms with van der Waals surface area (Å²) in [6.45, 7) is 5.75. The molecule has 0 aromatic carbocycles. The molecule has 1 fully saturated rings. The highest BCUT2D eigenvalue weighted by atomic mass is 16.7. The van der Waals surface area contributed by atoms with Gasteiger partial charge in [-0.05, 0) is 70.6 Å². The third-order valence-electron chi connectivity index (χ3n) is 14.4. The second kappa shape index (κ2) is 52.1. The summed E-state index contributed by atoms with van der Waals surface area (Å²) in [5.74, 6) is -1.21. The Morgan fingerprint density at radius 1 is 0.520 bits per heavy atom. The molecule has 1 rings (SSSR count). The summed E-state index contributed by atoms with van der Waals surface area (Å²) < 4.78 is 17.6. The van der Waals surface area contributed by atoms with Gasteiger partial charge in [0.1, 0.15) is 24.4 Å². The van der Waals surface area contributed by atoms with E-state index >= 15 is 0 Å². The maximum absolute atomic E-state index is 13.4. The van der Waals surface area contributed by atoms with Gasteiger partial charge < -0.3 is 45.1 Å². The molecule has 0 spiro atoms. The molecule has 0 radical (unpaired) electrons. The highest BCUT2D eigenvalue weighted by Crippen LogP contribution is 2.26. The van der Waals surface area contributed by atoms with Crippen LogP contribution in [-0.4, -0.2) is 99.6 Å². The van der Waals surface area contributed by atoms with Gasteiger partial charge in [0, 0.05) is 6.42 Å². The summed E-state index contributed by atoms with van der Waals surface area (Å²) in [6.07, 6.45) is 53.9. The van der Waals surface area contributed by atoms with Crippen molar-refractivity contribution in [2.24, 2.45) is 0 Å². The second-order valence-corrected chi connectivity index (χ2v) is 21.4. The highest BCUT2D eigenvalue weighted by molar-refractivity contribution is 5.80. The Balaban J connectivity index is 2.70. The Hall–Kier alpha value is -2.64. The Morgan fingerprint density at radius 3 is 1.40 bits per heavy atom. The second-order valence-electron chi connectivity index (χ2n) is 21.4. The summed E-state index contributed by atoms with van der Waals surface area (Å²) in [6, 6.07) is -1.03. The van der Waals surface area contributed by atoms with Crippen molar-refractivity contribution in [2.45, 2.75) is 320 Å². The number of carbonyl (C=O) groups is 2. The topological polar surface area (TPSA) is 175 Å². The summed E-state index contributed by atoms with van der Waals surface area (Å²) in [7, 11) is 0. The van der Waals surface area contributed by atoms with Crippen molar-refractivity contribution in [1.82, 2.24) is 5.32 Å². The molecule has 0 aliphatic carbocycles. The van der Waals surface area contributed by atoms with Crippen LogP contribution in [-0.2, 0) is 23.8 Å².